The molecule has 0 bridgehead atoms. The van der Waals surface area contributed by atoms with E-state index >= 15 is 0 Å². The summed E-state index contributed by atoms with van der Waals surface area (Å²) in [5, 5.41) is 0.340. The number of carbonyl (C=O) groups excluding carboxylic acids is 1. The van der Waals surface area contributed by atoms with Crippen molar-refractivity contribution >= 4 is 24.6 Å². The lowest BCUT2D eigenvalue weighted by atomic mass is 9.95. The summed E-state index contributed by atoms with van der Waals surface area (Å²) < 4.78 is 33.3. The Morgan fingerprint density at radius 3 is 2.44 bits per heavy atom. The lowest BCUT2D eigenvalue weighted by Gasteiger charge is -2.11. The van der Waals surface area contributed by atoms with Crippen LogP contribution in [0, 0.1) is 20.8 Å². The highest BCUT2D eigenvalue weighted by Crippen LogP contribution is 2.46. The Bertz CT molecular complexity index is 1380. The number of furan rings is 2. The fraction of sp³-hybridized carbons (Fsp3) is 0.174. The van der Waals surface area contributed by atoms with Crippen LogP contribution >= 0.6 is 7.82 Å². The first-order valence-corrected chi connectivity index (χ1v) is 11.2. The number of phosphoric ester groups is 1. The zero-order chi connectivity index (χ0) is 23.2. The first-order chi connectivity index (χ1) is 15.1. The second kappa shape index (κ2) is 7.98. The quantitative estimate of drug-likeness (QED) is 0.295. The Morgan fingerprint density at radius 2 is 1.81 bits per heavy atom. The smallest absolute Gasteiger partial charge is 0.496 e. The average Bonchev–Trinajstić information content (AvgIpc) is 3.38. The van der Waals surface area contributed by atoms with E-state index in [1.807, 2.05) is 13.8 Å². The largest absolute Gasteiger partial charge is 0.524 e. The van der Waals surface area contributed by atoms with Gasteiger partial charge >= 0.3 is 7.82 Å². The predicted octanol–water partition coefficient (Wildman–Crippen LogP) is 5.33. The Kier molecular flexibility index (Phi) is 5.46. The molecule has 0 aliphatic carbocycles. The highest BCUT2D eigenvalue weighted by atomic mass is 31.2. The minimum atomic E-state index is -4.87. The monoisotopic (exact) mass is 456 g/mol. The molecule has 8 nitrogen and oxygen atoms in total. The molecule has 166 valence electrons. The molecule has 0 unspecified atom stereocenters. The maximum atomic E-state index is 13.7. The average molecular weight is 456 g/mol. The Morgan fingerprint density at radius 1 is 1.06 bits per heavy atom. The highest BCUT2D eigenvalue weighted by Gasteiger charge is 2.29. The van der Waals surface area contributed by atoms with Crippen LogP contribution in [0.15, 0.2) is 51.5 Å². The third-order valence-corrected chi connectivity index (χ3v) is 5.71. The summed E-state index contributed by atoms with van der Waals surface area (Å²) in [4.78, 5) is 32.4. The van der Waals surface area contributed by atoms with Crippen molar-refractivity contribution in [3.05, 3.63) is 70.5 Å². The first kappa shape index (κ1) is 21.9. The standard InChI is InChI=1S/C23H21O8P/c1-12-7-8-16-19(20(24)15-10-13(2)14(3)18(11-15)28-4)23(17-6-5-9-29-17)30-22(16)21(12)31-32(25,26)27/h5-11H,1-4H3,(H2,25,26,27). The number of hydrogen-bond acceptors (Lipinski definition) is 6. The van der Waals surface area contributed by atoms with E-state index in [2.05, 4.69) is 0 Å². The normalized spacial score (nSPS) is 11.7. The molecule has 0 saturated heterocycles. The molecule has 0 radical (unpaired) electrons. The number of ketones is 1. The maximum absolute atomic E-state index is 13.7. The van der Waals surface area contributed by atoms with E-state index in [-0.39, 0.29) is 28.4 Å². The maximum Gasteiger partial charge on any atom is 0.524 e. The van der Waals surface area contributed by atoms with Gasteiger partial charge in [-0.25, -0.2) is 4.57 Å². The summed E-state index contributed by atoms with van der Waals surface area (Å²) in [6, 6.07) is 9.94. The molecule has 0 atom stereocenters. The number of fused-ring (bicyclic) bond motifs is 1. The molecular weight excluding hydrogens is 435 g/mol. The second-order valence-corrected chi connectivity index (χ2v) is 8.57. The van der Waals surface area contributed by atoms with Crippen LogP contribution in [0.25, 0.3) is 22.5 Å². The highest BCUT2D eigenvalue weighted by molar-refractivity contribution is 7.46. The van der Waals surface area contributed by atoms with Crippen molar-refractivity contribution in [3.63, 3.8) is 0 Å². The van der Waals surface area contributed by atoms with Crippen LogP contribution in [0.5, 0.6) is 11.5 Å². The van der Waals surface area contributed by atoms with Crippen molar-refractivity contribution in [2.24, 2.45) is 0 Å². The molecule has 2 N–H and O–H groups in total. The topological polar surface area (TPSA) is 119 Å². The molecule has 0 amide bonds. The van der Waals surface area contributed by atoms with Gasteiger partial charge in [-0.1, -0.05) is 6.07 Å². The fourth-order valence-corrected chi connectivity index (χ4v) is 4.05. The van der Waals surface area contributed by atoms with Crippen LogP contribution in [0.1, 0.15) is 32.6 Å². The number of carbonyl (C=O) groups is 1. The van der Waals surface area contributed by atoms with E-state index in [0.717, 1.165) is 11.1 Å². The molecule has 0 aliphatic rings. The second-order valence-electron chi connectivity index (χ2n) is 7.40. The van der Waals surface area contributed by atoms with E-state index in [0.29, 0.717) is 28.0 Å². The Balaban J connectivity index is 2.01. The van der Waals surface area contributed by atoms with Gasteiger partial charge in [-0.2, -0.15) is 0 Å². The lowest BCUT2D eigenvalue weighted by Crippen LogP contribution is -2.04. The molecule has 2 heterocycles. The number of rotatable bonds is 6. The summed E-state index contributed by atoms with van der Waals surface area (Å²) in [6.45, 7) is 5.40. The van der Waals surface area contributed by atoms with Crippen LogP contribution in [-0.4, -0.2) is 22.7 Å². The molecule has 0 aliphatic heterocycles. The van der Waals surface area contributed by atoms with Crippen LogP contribution < -0.4 is 9.26 Å². The molecule has 0 spiro atoms. The van der Waals surface area contributed by atoms with E-state index in [9.17, 15) is 19.1 Å². The van der Waals surface area contributed by atoms with E-state index in [1.165, 1.54) is 13.4 Å². The van der Waals surface area contributed by atoms with Gasteiger partial charge in [0.1, 0.15) is 5.75 Å². The van der Waals surface area contributed by atoms with E-state index < -0.39 is 7.82 Å². The molecule has 2 aromatic carbocycles. The summed E-state index contributed by atoms with van der Waals surface area (Å²) in [7, 11) is -3.34. The summed E-state index contributed by atoms with van der Waals surface area (Å²) in [6.07, 6.45) is 1.44. The van der Waals surface area contributed by atoms with Gasteiger partial charge in [0.15, 0.2) is 28.6 Å². The molecule has 2 aromatic heterocycles. The summed E-state index contributed by atoms with van der Waals surface area (Å²) in [5.41, 5.74) is 2.84. The molecule has 4 aromatic rings. The van der Waals surface area contributed by atoms with Crippen molar-refractivity contribution in [2.75, 3.05) is 7.11 Å². The molecule has 0 fully saturated rings. The summed E-state index contributed by atoms with van der Waals surface area (Å²) in [5.74, 6) is 0.499. The molecule has 9 heteroatoms. The number of ether oxygens (including phenoxy) is 1. The van der Waals surface area contributed by atoms with Crippen LogP contribution in [0.2, 0.25) is 0 Å². The van der Waals surface area contributed by atoms with Crippen LogP contribution in [0.4, 0.5) is 0 Å². The zero-order valence-electron chi connectivity index (χ0n) is 17.8. The predicted molar refractivity (Wildman–Crippen MR) is 117 cm³/mol. The van der Waals surface area contributed by atoms with Gasteiger partial charge in [-0.05, 0) is 67.8 Å². The van der Waals surface area contributed by atoms with Gasteiger partial charge in [0.2, 0.25) is 0 Å². The van der Waals surface area contributed by atoms with Gasteiger partial charge in [-0.15, -0.1) is 0 Å². The van der Waals surface area contributed by atoms with Crippen LogP contribution in [-0.2, 0) is 4.57 Å². The van der Waals surface area contributed by atoms with Gasteiger partial charge in [0.25, 0.3) is 0 Å². The first-order valence-electron chi connectivity index (χ1n) is 9.65. The third kappa shape index (κ3) is 3.84. The number of benzene rings is 2. The SMILES string of the molecule is COc1cc(C(=O)c2c(-c3ccco3)oc3c(OP(=O)(O)O)c(C)ccc23)cc(C)c1C. The lowest BCUT2D eigenvalue weighted by molar-refractivity contribution is 0.103. The Labute approximate surface area is 183 Å². The van der Waals surface area contributed by atoms with Crippen molar-refractivity contribution < 1.29 is 37.2 Å². The van der Waals surface area contributed by atoms with Gasteiger partial charge < -0.3 is 18.1 Å². The minimum absolute atomic E-state index is 0.0406. The minimum Gasteiger partial charge on any atom is -0.496 e. The fourth-order valence-electron chi connectivity index (χ4n) is 3.59. The molecule has 4 rings (SSSR count). The van der Waals surface area contributed by atoms with Crippen molar-refractivity contribution in [1.29, 1.82) is 0 Å². The van der Waals surface area contributed by atoms with Gasteiger partial charge in [-0.3, -0.25) is 14.6 Å². The van der Waals surface area contributed by atoms with Crippen molar-refractivity contribution in [1.82, 2.24) is 0 Å². The number of phosphoric acid groups is 1. The summed E-state index contributed by atoms with van der Waals surface area (Å²) >= 11 is 0. The molecule has 32 heavy (non-hydrogen) atoms. The number of methoxy groups -OCH3 is 1. The van der Waals surface area contributed by atoms with Gasteiger partial charge in [0.05, 0.1) is 18.9 Å². The van der Waals surface area contributed by atoms with Crippen molar-refractivity contribution in [3.8, 4) is 23.0 Å². The van der Waals surface area contributed by atoms with Crippen LogP contribution in [0.3, 0.4) is 0 Å². The van der Waals surface area contributed by atoms with E-state index in [4.69, 9.17) is 18.1 Å². The Hall–Kier alpha value is -3.32. The van der Waals surface area contributed by atoms with Crippen molar-refractivity contribution in [2.45, 2.75) is 20.8 Å². The number of aryl methyl sites for hydroxylation is 2. The van der Waals surface area contributed by atoms with E-state index in [1.54, 1.807) is 43.3 Å². The number of hydrogen-bond donors (Lipinski definition) is 2. The zero-order valence-corrected chi connectivity index (χ0v) is 18.7. The van der Waals surface area contributed by atoms with Gasteiger partial charge in [0, 0.05) is 10.9 Å². The molecular formula is C23H21O8P. The third-order valence-electron chi connectivity index (χ3n) is 5.29. The molecule has 0 saturated carbocycles.